The number of nitrogens with zero attached hydrogens (tertiary/aromatic N) is 1. The van der Waals surface area contributed by atoms with Gasteiger partial charge in [0.2, 0.25) is 0 Å². The van der Waals surface area contributed by atoms with Crippen LogP contribution in [0.4, 0.5) is 11.4 Å². The molecule has 0 atom stereocenters. The van der Waals surface area contributed by atoms with E-state index in [9.17, 15) is 4.79 Å². The van der Waals surface area contributed by atoms with Gasteiger partial charge in [-0.3, -0.25) is 9.78 Å². The molecule has 1 amide bonds. The molecule has 0 aliphatic heterocycles. The third-order valence-corrected chi connectivity index (χ3v) is 3.93. The van der Waals surface area contributed by atoms with Crippen molar-refractivity contribution in [3.8, 4) is 5.75 Å². The maximum Gasteiger partial charge on any atom is 0.257 e. The number of benzene rings is 2. The highest BCUT2D eigenvalue weighted by molar-refractivity contribution is 6.05. The second-order valence-corrected chi connectivity index (χ2v) is 5.96. The van der Waals surface area contributed by atoms with E-state index in [1.165, 1.54) is 11.1 Å². The molecule has 0 radical (unpaired) electrons. The fourth-order valence-electron chi connectivity index (χ4n) is 2.63. The third-order valence-electron chi connectivity index (χ3n) is 3.93. The van der Waals surface area contributed by atoms with Crippen LogP contribution in [0.15, 0.2) is 67.0 Å². The fourth-order valence-corrected chi connectivity index (χ4v) is 2.63. The van der Waals surface area contributed by atoms with Crippen LogP contribution in [0.2, 0.25) is 0 Å². The summed E-state index contributed by atoms with van der Waals surface area (Å²) in [5, 5.41) is 6.16. The van der Waals surface area contributed by atoms with Crippen molar-refractivity contribution >= 4 is 17.3 Å². The first-order valence-corrected chi connectivity index (χ1v) is 8.34. The number of para-hydroxylation sites is 2. The number of hydrogen-bond acceptors (Lipinski definition) is 4. The number of nitrogens with one attached hydrogen (secondary N) is 2. The lowest BCUT2D eigenvalue weighted by molar-refractivity contribution is 0.102. The third kappa shape index (κ3) is 4.39. The number of pyridine rings is 1. The Bertz CT molecular complexity index is 909. The van der Waals surface area contributed by atoms with Crippen LogP contribution in [-0.4, -0.2) is 18.0 Å². The minimum atomic E-state index is -0.235. The van der Waals surface area contributed by atoms with Crippen LogP contribution in [0.25, 0.3) is 0 Å². The molecule has 3 aromatic rings. The van der Waals surface area contributed by atoms with Crippen molar-refractivity contribution in [2.75, 3.05) is 17.7 Å². The van der Waals surface area contributed by atoms with E-state index < -0.39 is 0 Å². The zero-order chi connectivity index (χ0) is 18.4. The fraction of sp³-hybridized carbons (Fsp3) is 0.143. The molecule has 0 aliphatic rings. The van der Waals surface area contributed by atoms with Crippen molar-refractivity contribution < 1.29 is 9.53 Å². The molecule has 0 unspecified atom stereocenters. The monoisotopic (exact) mass is 347 g/mol. The minimum absolute atomic E-state index is 0.235. The Morgan fingerprint density at radius 1 is 1.08 bits per heavy atom. The molecular formula is C21H21N3O2. The highest BCUT2D eigenvalue weighted by Gasteiger charge is 2.10. The van der Waals surface area contributed by atoms with Gasteiger partial charge in [0.05, 0.1) is 24.0 Å². The van der Waals surface area contributed by atoms with Gasteiger partial charge in [0, 0.05) is 18.9 Å². The minimum Gasteiger partial charge on any atom is -0.495 e. The van der Waals surface area contributed by atoms with E-state index in [0.29, 0.717) is 23.5 Å². The van der Waals surface area contributed by atoms with Crippen LogP contribution < -0.4 is 15.4 Å². The van der Waals surface area contributed by atoms with E-state index >= 15 is 0 Å². The van der Waals surface area contributed by atoms with Gasteiger partial charge in [-0.25, -0.2) is 0 Å². The molecule has 3 rings (SSSR count). The normalized spacial score (nSPS) is 10.2. The average Bonchev–Trinajstić information content (AvgIpc) is 2.67. The largest absolute Gasteiger partial charge is 0.495 e. The number of rotatable bonds is 6. The number of aryl methyl sites for hydroxylation is 1. The van der Waals surface area contributed by atoms with Gasteiger partial charge in [-0.2, -0.15) is 0 Å². The highest BCUT2D eigenvalue weighted by Crippen LogP contribution is 2.24. The summed E-state index contributed by atoms with van der Waals surface area (Å²) in [7, 11) is 1.57. The number of amides is 1. The summed E-state index contributed by atoms with van der Waals surface area (Å²) < 4.78 is 5.26. The van der Waals surface area contributed by atoms with Crippen molar-refractivity contribution in [1.82, 2.24) is 4.98 Å². The highest BCUT2D eigenvalue weighted by atomic mass is 16.5. The van der Waals surface area contributed by atoms with Crippen LogP contribution in [0.1, 0.15) is 21.5 Å². The molecular weight excluding hydrogens is 326 g/mol. The number of methoxy groups -OCH3 is 1. The van der Waals surface area contributed by atoms with Gasteiger partial charge < -0.3 is 15.4 Å². The Labute approximate surface area is 153 Å². The molecule has 0 saturated carbocycles. The van der Waals surface area contributed by atoms with E-state index in [-0.39, 0.29) is 5.91 Å². The molecule has 2 aromatic carbocycles. The first-order chi connectivity index (χ1) is 12.7. The summed E-state index contributed by atoms with van der Waals surface area (Å²) >= 11 is 0. The molecule has 26 heavy (non-hydrogen) atoms. The Hall–Kier alpha value is -3.34. The molecule has 1 heterocycles. The van der Waals surface area contributed by atoms with E-state index in [2.05, 4.69) is 40.7 Å². The van der Waals surface area contributed by atoms with Gasteiger partial charge in [0.15, 0.2) is 0 Å². The Kier molecular flexibility index (Phi) is 5.49. The molecule has 5 heteroatoms. The Morgan fingerprint density at radius 2 is 1.92 bits per heavy atom. The zero-order valence-electron chi connectivity index (χ0n) is 14.8. The number of anilines is 2. The summed E-state index contributed by atoms with van der Waals surface area (Å²) in [5.41, 5.74) is 4.28. The summed E-state index contributed by atoms with van der Waals surface area (Å²) in [5.74, 6) is 0.378. The first kappa shape index (κ1) is 17.5. The number of ether oxygens (including phenoxy) is 1. The molecule has 0 aliphatic carbocycles. The van der Waals surface area contributed by atoms with Crippen LogP contribution in [-0.2, 0) is 6.54 Å². The van der Waals surface area contributed by atoms with Crippen molar-refractivity contribution in [2.24, 2.45) is 0 Å². The van der Waals surface area contributed by atoms with Gasteiger partial charge >= 0.3 is 0 Å². The molecule has 0 spiro atoms. The summed E-state index contributed by atoms with van der Waals surface area (Å²) in [6, 6.07) is 17.4. The summed E-state index contributed by atoms with van der Waals surface area (Å²) in [4.78, 5) is 16.7. The standard InChI is InChI=1S/C21H21N3O2/c1-15-6-5-7-16(10-15)12-23-18-11-17(13-22-14-18)21(25)24-19-8-3-4-9-20(19)26-2/h3-11,13-14,23H,12H2,1-2H3,(H,24,25). The molecule has 132 valence electrons. The second kappa shape index (κ2) is 8.16. The maximum atomic E-state index is 12.5. The summed E-state index contributed by atoms with van der Waals surface area (Å²) in [6.07, 6.45) is 3.25. The topological polar surface area (TPSA) is 63.2 Å². The van der Waals surface area contributed by atoms with E-state index in [1.807, 2.05) is 18.2 Å². The van der Waals surface area contributed by atoms with Crippen LogP contribution >= 0.6 is 0 Å². The second-order valence-electron chi connectivity index (χ2n) is 5.96. The predicted molar refractivity (Wildman–Crippen MR) is 104 cm³/mol. The van der Waals surface area contributed by atoms with Crippen molar-refractivity contribution in [3.63, 3.8) is 0 Å². The van der Waals surface area contributed by atoms with E-state index in [1.54, 1.807) is 37.7 Å². The molecule has 0 fully saturated rings. The molecule has 0 bridgehead atoms. The summed E-state index contributed by atoms with van der Waals surface area (Å²) in [6.45, 7) is 2.73. The quantitative estimate of drug-likeness (QED) is 0.699. The van der Waals surface area contributed by atoms with Crippen molar-refractivity contribution in [2.45, 2.75) is 13.5 Å². The number of aromatic nitrogens is 1. The van der Waals surface area contributed by atoms with Gasteiger partial charge in [-0.15, -0.1) is 0 Å². The van der Waals surface area contributed by atoms with Crippen molar-refractivity contribution in [3.05, 3.63) is 83.7 Å². The van der Waals surface area contributed by atoms with Gasteiger partial charge in [0.1, 0.15) is 5.75 Å². The maximum absolute atomic E-state index is 12.5. The smallest absolute Gasteiger partial charge is 0.257 e. The molecule has 5 nitrogen and oxygen atoms in total. The number of carbonyl (C=O) groups excluding carboxylic acids is 1. The average molecular weight is 347 g/mol. The molecule has 1 aromatic heterocycles. The number of carbonyl (C=O) groups is 1. The lowest BCUT2D eigenvalue weighted by Gasteiger charge is -2.11. The van der Waals surface area contributed by atoms with Crippen LogP contribution in [0.3, 0.4) is 0 Å². The van der Waals surface area contributed by atoms with Gasteiger partial charge in [0.25, 0.3) is 5.91 Å². The SMILES string of the molecule is COc1ccccc1NC(=O)c1cncc(NCc2cccc(C)c2)c1. The Balaban J connectivity index is 1.69. The van der Waals surface area contributed by atoms with Gasteiger partial charge in [-0.05, 0) is 30.7 Å². The van der Waals surface area contributed by atoms with Crippen LogP contribution in [0.5, 0.6) is 5.75 Å². The van der Waals surface area contributed by atoms with Crippen LogP contribution in [0, 0.1) is 6.92 Å². The predicted octanol–water partition coefficient (Wildman–Crippen LogP) is 4.26. The zero-order valence-corrected chi connectivity index (χ0v) is 14.8. The first-order valence-electron chi connectivity index (χ1n) is 8.34. The van der Waals surface area contributed by atoms with Crippen molar-refractivity contribution in [1.29, 1.82) is 0 Å². The molecule has 2 N–H and O–H groups in total. The van der Waals surface area contributed by atoms with Gasteiger partial charge in [-0.1, -0.05) is 42.0 Å². The van der Waals surface area contributed by atoms with E-state index in [0.717, 1.165) is 5.69 Å². The lowest BCUT2D eigenvalue weighted by Crippen LogP contribution is -2.13. The Morgan fingerprint density at radius 3 is 2.73 bits per heavy atom. The lowest BCUT2D eigenvalue weighted by atomic mass is 10.1. The molecule has 0 saturated heterocycles. The number of hydrogen-bond donors (Lipinski definition) is 2. The van der Waals surface area contributed by atoms with E-state index in [4.69, 9.17) is 4.74 Å².